The Bertz CT molecular complexity index is 4270. The number of carboxylic acid groups (broad SMARTS) is 4. The monoisotopic (exact) mass is 1520 g/mol. The van der Waals surface area contributed by atoms with E-state index in [0.717, 1.165) is 45.4 Å². The largest absolute Gasteiger partial charge is 0.481 e. The molecule has 3 aliphatic rings. The lowest BCUT2D eigenvalue weighted by atomic mass is 9.79. The molecular weight excluding hydrogens is 1420 g/mol. The van der Waals surface area contributed by atoms with Crippen molar-refractivity contribution < 1.29 is 102 Å². The highest BCUT2D eigenvalue weighted by Gasteiger charge is 2.42. The fraction of sp³-hybridized carbons (Fsp3) is 0.507. The second-order valence-electron chi connectivity index (χ2n) is 27.5. The Balaban J connectivity index is 0.984. The van der Waals surface area contributed by atoms with Gasteiger partial charge < -0.3 is 61.2 Å². The first-order chi connectivity index (χ1) is 49.4. The number of ether oxygens (including phenoxy) is 1. The molecule has 2 heterocycles. The summed E-state index contributed by atoms with van der Waals surface area (Å²) < 4.78 is 110. The number of rotatable bonds is 44. The summed E-state index contributed by atoms with van der Waals surface area (Å²) in [7, 11) is -13.3. The summed E-state index contributed by atoms with van der Waals surface area (Å²) in [6.07, 6.45) is 15.9. The van der Waals surface area contributed by atoms with Crippen LogP contribution in [0.2, 0.25) is 0 Å². The Morgan fingerprint density at radius 1 is 0.600 bits per heavy atom. The summed E-state index contributed by atoms with van der Waals surface area (Å²) in [4.78, 5) is 97.6. The summed E-state index contributed by atoms with van der Waals surface area (Å²) in [5.74, 6) is -5.74. The molecule has 3 aromatic carbocycles. The van der Waals surface area contributed by atoms with Crippen molar-refractivity contribution in [3.05, 3.63) is 135 Å². The number of urea groups is 1. The van der Waals surface area contributed by atoms with E-state index in [-0.39, 0.29) is 72.4 Å². The molecule has 6 rings (SSSR count). The summed E-state index contributed by atoms with van der Waals surface area (Å²) in [6.45, 7) is 13.8. The number of aliphatic carboxylic acids is 4. The van der Waals surface area contributed by atoms with Gasteiger partial charge in [-0.1, -0.05) is 70.9 Å². The summed E-state index contributed by atoms with van der Waals surface area (Å²) >= 11 is 0. The third kappa shape index (κ3) is 26.3. The van der Waals surface area contributed by atoms with Gasteiger partial charge in [0.15, 0.2) is 0 Å². The molecule has 0 saturated carbocycles. The maximum atomic E-state index is 13.0. The van der Waals surface area contributed by atoms with Crippen LogP contribution in [0.5, 0.6) is 5.75 Å². The number of carboxylic acids is 4. The average molecular weight is 1520 g/mol. The van der Waals surface area contributed by atoms with Crippen LogP contribution >= 0.6 is 0 Å². The van der Waals surface area contributed by atoms with Crippen molar-refractivity contribution in [2.45, 2.75) is 214 Å². The van der Waals surface area contributed by atoms with Gasteiger partial charge in [-0.05, 0) is 179 Å². The van der Waals surface area contributed by atoms with E-state index in [2.05, 4.69) is 69.8 Å². The minimum atomic E-state index is -4.58. The van der Waals surface area contributed by atoms with Crippen LogP contribution in [-0.2, 0) is 74.7 Å². The van der Waals surface area contributed by atoms with Crippen molar-refractivity contribution in [1.82, 2.24) is 31.2 Å². The van der Waals surface area contributed by atoms with Gasteiger partial charge in [-0.15, -0.1) is 12.2 Å². The number of unbranched alkanes of at least 4 members (excludes halogenated alkanes) is 8. The number of carbonyl (C=O) groups excluding carboxylic acids is 4. The third-order valence-electron chi connectivity index (χ3n) is 18.7. The molecule has 0 spiro atoms. The first-order valence-electron chi connectivity index (χ1n) is 35.2. The first-order valence-corrected chi connectivity index (χ1v) is 39.7. The number of amides is 5. The number of anilines is 1. The van der Waals surface area contributed by atoms with E-state index in [4.69, 9.17) is 9.84 Å². The molecule has 3 unspecified atom stereocenters. The van der Waals surface area contributed by atoms with E-state index in [0.29, 0.717) is 127 Å². The Labute approximate surface area is 612 Å². The molecule has 0 radical (unpaired) electrons. The molecule has 0 saturated heterocycles. The van der Waals surface area contributed by atoms with E-state index in [1.54, 1.807) is 6.07 Å². The van der Waals surface area contributed by atoms with Crippen molar-refractivity contribution in [2.75, 3.05) is 36.8 Å². The highest BCUT2D eigenvalue weighted by Crippen LogP contribution is 2.49. The number of nitrogens with zero attached hydrogens (tertiary/aromatic N) is 2. The van der Waals surface area contributed by atoms with Crippen LogP contribution in [0.25, 0.3) is 6.58 Å². The molecule has 2 aliphatic heterocycles. The van der Waals surface area contributed by atoms with Gasteiger partial charge in [0.25, 0.3) is 30.4 Å². The average Bonchev–Trinajstić information content (AvgIpc) is 1.60. The smallest absolute Gasteiger partial charge is 0.326 e. The molecule has 3 aromatic rings. The van der Waals surface area contributed by atoms with Crippen LogP contribution in [0.15, 0.2) is 117 Å². The number of hydrogen-bond donors (Lipinski definition) is 12. The van der Waals surface area contributed by atoms with Gasteiger partial charge in [0.2, 0.25) is 17.7 Å². The molecule has 0 aromatic heterocycles. The van der Waals surface area contributed by atoms with Crippen molar-refractivity contribution in [3.63, 3.8) is 0 Å². The fourth-order valence-electron chi connectivity index (χ4n) is 13.0. The van der Waals surface area contributed by atoms with Crippen LogP contribution < -0.4 is 51.4 Å². The molecule has 0 bridgehead atoms. The Hall–Kier alpha value is -8.95. The predicted molar refractivity (Wildman–Crippen MR) is 390 cm³/mol. The number of allylic oxidation sites excluding steroid dienone is 6. The molecule has 3 atom stereocenters. The minimum absolute atomic E-state index is 0.0205. The van der Waals surface area contributed by atoms with Crippen LogP contribution in [0.1, 0.15) is 187 Å². The standard InChI is InChI=1S/C73H99N7O22S3/c1-48-27-36-59-54(46-48)72(2,3)61(38-28-49-20-19-21-50(67(49)102-51-30-32-52(33-31-51)104(96,97)98)29-39-62-73(4,5)55-47-53(105(99,100)101)34-37-60(55)80(62)44-17-18-45-103(93,94)95)79(59)43-16-8-11-25-64(82)75-41-14-12-22-56(68(86)87)76-65(83)26-10-7-6-9-24-63(81)74-42-15-13-23-57(69(88)89)77-71(92)78-58(70(90)91)35-40-66(84)85/h27-34,36-39,46-47,56-58H,1,6-26,35,40-45H2,2-5H3,(H,74,81)(H,75,82)(H,76,83)(H,84,85)(H,86,87)(H,88,89)(H,90,91)(H2,77,78,92)(H,93,94,95)(H,96,97,98)(H,99,100,101)/b38-28+,50-29+,62-39+. The van der Waals surface area contributed by atoms with E-state index >= 15 is 0 Å². The zero-order valence-corrected chi connectivity index (χ0v) is 62.1. The number of carbonyl (C=O) groups is 8. The molecule has 1 aliphatic carbocycles. The second-order valence-corrected chi connectivity index (χ2v) is 31.9. The van der Waals surface area contributed by atoms with Crippen molar-refractivity contribution in [3.8, 4) is 5.75 Å². The lowest BCUT2D eigenvalue weighted by Crippen LogP contribution is -2.51. The van der Waals surface area contributed by atoms with E-state index in [1.165, 1.54) is 36.4 Å². The zero-order valence-electron chi connectivity index (χ0n) is 59.7. The van der Waals surface area contributed by atoms with Gasteiger partial charge in [0.05, 0.1) is 21.6 Å². The second kappa shape index (κ2) is 38.9. The van der Waals surface area contributed by atoms with E-state index < -0.39 is 114 Å². The van der Waals surface area contributed by atoms with E-state index in [9.17, 15) is 92.6 Å². The maximum Gasteiger partial charge on any atom is 0.326 e. The lowest BCUT2D eigenvalue weighted by Gasteiger charge is -2.30. The van der Waals surface area contributed by atoms with Crippen molar-refractivity contribution in [2.24, 2.45) is 0 Å². The molecule has 12 N–H and O–H groups in total. The number of fused-ring (bicyclic) bond motifs is 2. The third-order valence-corrected chi connectivity index (χ3v) is 21.2. The maximum absolute atomic E-state index is 13.0. The lowest BCUT2D eigenvalue weighted by molar-refractivity contribution is -0.142. The Morgan fingerprint density at radius 3 is 1.71 bits per heavy atom. The SMILES string of the molecule is C=c1ccc2c(c1)C(C)(C)[C-](/C=C/C1=C(Oc3ccc(S(=O)(=O)O)cc3)C(=C/C=C3/N(CCCCS(=O)(=O)O)c4ccc(S(=O)(=O)O)cc4C3(C)C)/CCC1)[N+]=2CCCCCC(=O)NCCCCC(NC(=O)CCCCCCC(=O)NCCCCC(NC(=O)NC(CCC(=O)O)C(=O)O)C(=O)O)C(=O)O. The van der Waals surface area contributed by atoms with Crippen LogP contribution in [0, 0.1) is 6.04 Å². The molecule has 576 valence electrons. The summed E-state index contributed by atoms with van der Waals surface area (Å²) in [5, 5.41) is 51.7. The molecule has 105 heavy (non-hydrogen) atoms. The topological polar surface area (TPSA) is 456 Å². The van der Waals surface area contributed by atoms with Gasteiger partial charge in [-0.2, -0.15) is 25.3 Å². The van der Waals surface area contributed by atoms with Crippen molar-refractivity contribution >= 4 is 90.3 Å². The minimum Gasteiger partial charge on any atom is -0.481 e. The predicted octanol–water partition coefficient (Wildman–Crippen LogP) is 7.37. The normalized spacial score (nSPS) is 16.5. The van der Waals surface area contributed by atoms with Gasteiger partial charge in [-0.25, -0.2) is 19.2 Å². The number of hydrogen-bond acceptors (Lipinski definition) is 16. The van der Waals surface area contributed by atoms with Crippen LogP contribution in [-0.4, -0.2) is 157 Å². The van der Waals surface area contributed by atoms with Gasteiger partial charge in [0.1, 0.15) is 41.5 Å². The molecule has 32 heteroatoms. The fourth-order valence-corrected chi connectivity index (χ4v) is 14.5. The molecular formula is C73H99N7O22S3. The Kier molecular flexibility index (Phi) is 31.5. The zero-order chi connectivity index (χ0) is 77.5. The van der Waals surface area contributed by atoms with Gasteiger partial charge in [0, 0.05) is 74.0 Å². The molecule has 0 fully saturated rings. The first kappa shape index (κ1) is 85.0. The highest BCUT2D eigenvalue weighted by atomic mass is 32.2. The van der Waals surface area contributed by atoms with Crippen molar-refractivity contribution in [1.29, 1.82) is 0 Å². The van der Waals surface area contributed by atoms with Crippen LogP contribution in [0.4, 0.5) is 10.5 Å². The van der Waals surface area contributed by atoms with Gasteiger partial charge in [-0.3, -0.25) is 32.8 Å². The highest BCUT2D eigenvalue weighted by molar-refractivity contribution is 7.86. The number of nitrogens with one attached hydrogen (secondary N) is 5. The summed E-state index contributed by atoms with van der Waals surface area (Å²) in [6, 6.07) is 11.7. The molecule has 29 nitrogen and oxygen atoms in total. The van der Waals surface area contributed by atoms with Crippen LogP contribution in [0.3, 0.4) is 0 Å². The number of benzene rings is 3. The summed E-state index contributed by atoms with van der Waals surface area (Å²) in [5.41, 5.74) is 3.28. The quantitative estimate of drug-likeness (QED) is 0.0114. The van der Waals surface area contributed by atoms with E-state index in [1.807, 2.05) is 43.0 Å². The Morgan fingerprint density at radius 2 is 1.15 bits per heavy atom. The molecule has 5 amide bonds. The van der Waals surface area contributed by atoms with Gasteiger partial charge >= 0.3 is 29.9 Å².